The molecule has 9 heteroatoms. The lowest BCUT2D eigenvalue weighted by Gasteiger charge is -2.26. The third-order valence-electron chi connectivity index (χ3n) is 3.08. The largest absolute Gasteiger partial charge is 0.379 e. The number of carbonyl (C=O) groups excluding carboxylic acids is 1. The molecule has 1 aromatic rings. The molecule has 0 bridgehead atoms. The van der Waals surface area contributed by atoms with E-state index >= 15 is 0 Å². The Morgan fingerprint density at radius 2 is 2.30 bits per heavy atom. The number of nitro groups is 1. The highest BCUT2D eigenvalue weighted by Gasteiger charge is 2.22. The first-order chi connectivity index (χ1) is 9.68. The first-order valence-electron chi connectivity index (χ1n) is 6.44. The van der Waals surface area contributed by atoms with Crippen LogP contribution in [-0.2, 0) is 4.74 Å². The summed E-state index contributed by atoms with van der Waals surface area (Å²) in [6.45, 7) is 4.63. The second kappa shape index (κ2) is 6.96. The summed E-state index contributed by atoms with van der Waals surface area (Å²) >= 11 is 0. The molecule has 0 unspecified atom stereocenters. The van der Waals surface area contributed by atoms with Gasteiger partial charge in [0.15, 0.2) is 0 Å². The molecule has 9 nitrogen and oxygen atoms in total. The summed E-state index contributed by atoms with van der Waals surface area (Å²) in [6, 6.07) is 0. The Morgan fingerprint density at radius 3 is 3.00 bits per heavy atom. The lowest BCUT2D eigenvalue weighted by atomic mass is 10.3. The normalized spacial score (nSPS) is 16.0. The molecule has 0 aliphatic carbocycles. The van der Waals surface area contributed by atoms with Crippen LogP contribution in [0, 0.1) is 10.1 Å². The summed E-state index contributed by atoms with van der Waals surface area (Å²) in [7, 11) is 0. The van der Waals surface area contributed by atoms with Gasteiger partial charge in [-0.1, -0.05) is 0 Å². The zero-order valence-corrected chi connectivity index (χ0v) is 11.0. The Morgan fingerprint density at radius 1 is 1.55 bits per heavy atom. The van der Waals surface area contributed by atoms with Gasteiger partial charge >= 0.3 is 5.69 Å². The van der Waals surface area contributed by atoms with Crippen LogP contribution in [0.25, 0.3) is 0 Å². The number of aromatic amines is 1. The molecule has 110 valence electrons. The number of hydrogen-bond acceptors (Lipinski definition) is 6. The number of morpholine rings is 1. The first-order valence-corrected chi connectivity index (χ1v) is 6.44. The van der Waals surface area contributed by atoms with Crippen LogP contribution >= 0.6 is 0 Å². The number of hydrogen-bond donors (Lipinski definition) is 2. The van der Waals surface area contributed by atoms with E-state index in [4.69, 9.17) is 4.74 Å². The van der Waals surface area contributed by atoms with Gasteiger partial charge in [0.2, 0.25) is 5.69 Å². The van der Waals surface area contributed by atoms with Crippen LogP contribution in [0.15, 0.2) is 6.20 Å². The predicted molar refractivity (Wildman–Crippen MR) is 69.5 cm³/mol. The third-order valence-corrected chi connectivity index (χ3v) is 3.08. The zero-order valence-electron chi connectivity index (χ0n) is 11.0. The van der Waals surface area contributed by atoms with Gasteiger partial charge in [-0.3, -0.25) is 24.9 Å². The van der Waals surface area contributed by atoms with E-state index in [1.165, 1.54) is 0 Å². The van der Waals surface area contributed by atoms with Crippen LogP contribution in [-0.4, -0.2) is 65.3 Å². The van der Waals surface area contributed by atoms with E-state index in [2.05, 4.69) is 20.4 Å². The number of ether oxygens (including phenoxy) is 1. The fourth-order valence-corrected chi connectivity index (χ4v) is 2.00. The molecule has 1 amide bonds. The molecule has 1 aliphatic heterocycles. The predicted octanol–water partition coefficient (Wildman–Crippen LogP) is -0.230. The second-order valence-corrected chi connectivity index (χ2v) is 4.45. The van der Waals surface area contributed by atoms with E-state index in [0.717, 1.165) is 45.5 Å². The maximum atomic E-state index is 11.8. The van der Waals surface area contributed by atoms with Crippen molar-refractivity contribution in [3.8, 4) is 0 Å². The molecule has 0 saturated carbocycles. The highest BCUT2D eigenvalue weighted by molar-refractivity contribution is 5.95. The van der Waals surface area contributed by atoms with Crippen molar-refractivity contribution in [1.82, 2.24) is 20.4 Å². The van der Waals surface area contributed by atoms with E-state index in [1.54, 1.807) is 0 Å². The van der Waals surface area contributed by atoms with E-state index in [9.17, 15) is 14.9 Å². The van der Waals surface area contributed by atoms with Gasteiger partial charge in [0.25, 0.3) is 5.91 Å². The van der Waals surface area contributed by atoms with Crippen molar-refractivity contribution in [2.24, 2.45) is 0 Å². The molecule has 0 atom stereocenters. The van der Waals surface area contributed by atoms with Crippen molar-refractivity contribution in [2.45, 2.75) is 6.42 Å². The fraction of sp³-hybridized carbons (Fsp3) is 0.636. The van der Waals surface area contributed by atoms with Crippen molar-refractivity contribution in [1.29, 1.82) is 0 Å². The molecule has 1 aliphatic rings. The molecule has 2 heterocycles. The van der Waals surface area contributed by atoms with Gasteiger partial charge in [-0.15, -0.1) is 0 Å². The van der Waals surface area contributed by atoms with Gasteiger partial charge in [0, 0.05) is 19.6 Å². The van der Waals surface area contributed by atoms with Gasteiger partial charge in [-0.05, 0) is 13.0 Å². The smallest absolute Gasteiger partial charge is 0.319 e. The molecule has 20 heavy (non-hydrogen) atoms. The summed E-state index contributed by atoms with van der Waals surface area (Å²) in [6.07, 6.45) is 1.82. The molecule has 2 rings (SSSR count). The highest BCUT2D eigenvalue weighted by atomic mass is 16.6. The van der Waals surface area contributed by atoms with Crippen molar-refractivity contribution >= 4 is 11.6 Å². The molecule has 2 N–H and O–H groups in total. The number of nitrogens with one attached hydrogen (secondary N) is 2. The van der Waals surface area contributed by atoms with Crippen LogP contribution < -0.4 is 5.32 Å². The number of H-pyrrole nitrogens is 1. The number of aromatic nitrogens is 2. The number of amides is 1. The van der Waals surface area contributed by atoms with Crippen LogP contribution in [0.5, 0.6) is 0 Å². The Kier molecular flexibility index (Phi) is 5.02. The van der Waals surface area contributed by atoms with Crippen LogP contribution in [0.3, 0.4) is 0 Å². The molecule has 1 saturated heterocycles. The summed E-state index contributed by atoms with van der Waals surface area (Å²) in [5, 5.41) is 19.2. The minimum atomic E-state index is -0.633. The maximum Gasteiger partial charge on any atom is 0.319 e. The van der Waals surface area contributed by atoms with Gasteiger partial charge < -0.3 is 10.1 Å². The number of rotatable bonds is 6. The Hall–Kier alpha value is -2.00. The molecule has 0 radical (unpaired) electrons. The summed E-state index contributed by atoms with van der Waals surface area (Å²) in [5.41, 5.74) is -0.419. The lowest BCUT2D eigenvalue weighted by Crippen LogP contribution is -2.38. The summed E-state index contributed by atoms with van der Waals surface area (Å²) in [5.74, 6) is -0.504. The first kappa shape index (κ1) is 14.4. The van der Waals surface area contributed by atoms with Crippen molar-refractivity contribution in [3.63, 3.8) is 0 Å². The minimum absolute atomic E-state index is 0.110. The topological polar surface area (TPSA) is 113 Å². The zero-order chi connectivity index (χ0) is 14.4. The van der Waals surface area contributed by atoms with Crippen LogP contribution in [0.1, 0.15) is 16.9 Å². The van der Waals surface area contributed by atoms with Crippen molar-refractivity contribution in [2.75, 3.05) is 39.4 Å². The van der Waals surface area contributed by atoms with E-state index in [0.29, 0.717) is 6.54 Å². The van der Waals surface area contributed by atoms with E-state index < -0.39 is 10.8 Å². The molecular formula is C11H17N5O4. The van der Waals surface area contributed by atoms with Crippen molar-refractivity contribution in [3.05, 3.63) is 22.0 Å². The Balaban J connectivity index is 1.72. The highest BCUT2D eigenvalue weighted by Crippen LogP contribution is 2.13. The van der Waals surface area contributed by atoms with E-state index in [1.807, 2.05) is 0 Å². The van der Waals surface area contributed by atoms with Gasteiger partial charge in [0.05, 0.1) is 18.1 Å². The number of carbonyl (C=O) groups is 1. The summed E-state index contributed by atoms with van der Waals surface area (Å²) in [4.78, 5) is 24.1. The average molecular weight is 283 g/mol. The van der Waals surface area contributed by atoms with Gasteiger partial charge in [-0.25, -0.2) is 0 Å². The SMILES string of the molecule is O=C(NCCCN1CCOCC1)c1[nH]ncc1[N+](=O)[O-]. The van der Waals surface area contributed by atoms with Crippen LogP contribution in [0.4, 0.5) is 5.69 Å². The fourth-order valence-electron chi connectivity index (χ4n) is 2.00. The minimum Gasteiger partial charge on any atom is -0.379 e. The Bertz CT molecular complexity index is 469. The van der Waals surface area contributed by atoms with E-state index in [-0.39, 0.29) is 11.4 Å². The molecule has 1 aromatic heterocycles. The third kappa shape index (κ3) is 3.75. The molecule has 0 spiro atoms. The monoisotopic (exact) mass is 283 g/mol. The average Bonchev–Trinajstić information content (AvgIpc) is 2.94. The molecular weight excluding hydrogens is 266 g/mol. The second-order valence-electron chi connectivity index (χ2n) is 4.45. The summed E-state index contributed by atoms with van der Waals surface area (Å²) < 4.78 is 5.24. The standard InChI is InChI=1S/C11H17N5O4/c17-11(10-9(16(18)19)8-13-14-10)12-2-1-3-15-4-6-20-7-5-15/h8H,1-7H2,(H,12,17)(H,13,14). The molecule has 1 fully saturated rings. The van der Waals surface area contributed by atoms with Gasteiger partial charge in [0.1, 0.15) is 6.20 Å². The quantitative estimate of drug-likeness (QED) is 0.423. The lowest BCUT2D eigenvalue weighted by molar-refractivity contribution is -0.385. The Labute approximate surface area is 115 Å². The number of nitrogens with zero attached hydrogens (tertiary/aromatic N) is 3. The maximum absolute atomic E-state index is 11.8. The molecule has 0 aromatic carbocycles. The van der Waals surface area contributed by atoms with Crippen molar-refractivity contribution < 1.29 is 14.5 Å². The van der Waals surface area contributed by atoms with Crippen LogP contribution in [0.2, 0.25) is 0 Å². The van der Waals surface area contributed by atoms with Gasteiger partial charge in [-0.2, -0.15) is 5.10 Å².